The van der Waals surface area contributed by atoms with Crippen LogP contribution >= 0.6 is 0 Å². The van der Waals surface area contributed by atoms with Gasteiger partial charge in [-0.2, -0.15) is 0 Å². The maximum absolute atomic E-state index is 0. The Morgan fingerprint density at radius 3 is 0.200 bits per heavy atom. The predicted molar refractivity (Wildman–Crippen MR) is 80.4 cm³/mol. The fourth-order valence-electron chi connectivity index (χ4n) is 0. The third-order valence-corrected chi connectivity index (χ3v) is 0. The van der Waals surface area contributed by atoms with Crippen LogP contribution in [0.4, 0.5) is 0 Å². The Hall–Kier alpha value is 4.24. The summed E-state index contributed by atoms with van der Waals surface area (Å²) >= 11 is 0. The second-order valence-electron chi connectivity index (χ2n) is 0. The van der Waals surface area contributed by atoms with Crippen LogP contribution in [0.1, 0.15) is 17.1 Å². The van der Waals surface area contributed by atoms with Crippen molar-refractivity contribution in [1.29, 1.82) is 0 Å². The van der Waals surface area contributed by atoms with E-state index < -0.39 is 0 Å². The minimum Gasteiger partial charge on any atom is -1.00 e. The average molecular weight is 320 g/mol. The summed E-state index contributed by atoms with van der Waals surface area (Å²) in [6.07, 6.45) is 0. The SMILES string of the molecule is O.O.O.O.O.O.O.O.O.[H-].[H-].[H-].[H-].[H-].[H-].[H-].[H-].[H-].[H-].[H-].[H-].[Mg+2].[Mg+2].[Mg+2].[Mg+2].[Mg+2].[Mg+2]. The van der Waals surface area contributed by atoms with Gasteiger partial charge in [-0.15, -0.1) is 0 Å². The Labute approximate surface area is 202 Å². The maximum Gasteiger partial charge on any atom is 2.00 e. The molecule has 0 bridgehead atoms. The van der Waals surface area contributed by atoms with Crippen molar-refractivity contribution in [2.75, 3.05) is 0 Å². The first-order chi connectivity index (χ1) is 0. The van der Waals surface area contributed by atoms with Crippen molar-refractivity contribution in [3.05, 3.63) is 0 Å². The monoisotopic (exact) mass is 318 g/mol. The first kappa shape index (κ1) is 356. The summed E-state index contributed by atoms with van der Waals surface area (Å²) in [5.74, 6) is 0. The molecule has 9 nitrogen and oxygen atoms in total. The van der Waals surface area contributed by atoms with Crippen LogP contribution in [0.5, 0.6) is 0 Å². The molecule has 0 atom stereocenters. The molecule has 96 valence electrons. The zero-order chi connectivity index (χ0) is 0. The molecule has 18 N–H and O–H groups in total. The van der Waals surface area contributed by atoms with Gasteiger partial charge in [0.15, 0.2) is 0 Å². The second-order valence-corrected chi connectivity index (χ2v) is 0. The summed E-state index contributed by atoms with van der Waals surface area (Å²) in [4.78, 5) is 0. The van der Waals surface area contributed by atoms with E-state index in [-0.39, 0.29) is 205 Å². The molecule has 0 fully saturated rings. The van der Waals surface area contributed by atoms with Gasteiger partial charge in [0.25, 0.3) is 0 Å². The molecular weight excluding hydrogens is 290 g/mol. The van der Waals surface area contributed by atoms with E-state index in [0.29, 0.717) is 0 Å². The van der Waals surface area contributed by atoms with Crippen molar-refractivity contribution in [1.82, 2.24) is 0 Å². The summed E-state index contributed by atoms with van der Waals surface area (Å²) in [5.41, 5.74) is 0. The molecular formula is H30Mg6O9. The van der Waals surface area contributed by atoms with Gasteiger partial charge >= 0.3 is 138 Å². The first-order valence-corrected chi connectivity index (χ1v) is 0. The summed E-state index contributed by atoms with van der Waals surface area (Å²) in [6, 6.07) is 0. The number of hydrogen-bond acceptors (Lipinski definition) is 0. The van der Waals surface area contributed by atoms with Crippen LogP contribution in [-0.2, 0) is 0 Å². The van der Waals surface area contributed by atoms with Gasteiger partial charge < -0.3 is 66.4 Å². The summed E-state index contributed by atoms with van der Waals surface area (Å²) < 4.78 is 0. The topological polar surface area (TPSA) is 284 Å². The second kappa shape index (κ2) is 302. The molecule has 0 aromatic rings. The van der Waals surface area contributed by atoms with Crippen molar-refractivity contribution in [3.8, 4) is 0 Å². The Kier molecular flexibility index (Phi) is 7170. The van der Waals surface area contributed by atoms with E-state index in [0.717, 1.165) is 0 Å². The third kappa shape index (κ3) is 268. The van der Waals surface area contributed by atoms with Crippen LogP contribution in [-0.4, -0.2) is 188 Å². The maximum atomic E-state index is 0. The zero-order valence-electron chi connectivity index (χ0n) is 20.7. The van der Waals surface area contributed by atoms with Crippen molar-refractivity contribution in [2.24, 2.45) is 0 Å². The van der Waals surface area contributed by atoms with E-state index in [2.05, 4.69) is 0 Å². The molecule has 0 heterocycles. The quantitative estimate of drug-likeness (QED) is 0.375. The van der Waals surface area contributed by atoms with Crippen LogP contribution in [0, 0.1) is 0 Å². The largest absolute Gasteiger partial charge is 2.00 e. The van der Waals surface area contributed by atoms with Gasteiger partial charge in [-0.25, -0.2) is 0 Å². The van der Waals surface area contributed by atoms with Gasteiger partial charge in [-0.05, 0) is 0 Å². The molecule has 0 amide bonds. The van der Waals surface area contributed by atoms with Crippen molar-refractivity contribution >= 4 is 138 Å². The summed E-state index contributed by atoms with van der Waals surface area (Å²) in [5, 5.41) is 0. The molecule has 15 heteroatoms. The summed E-state index contributed by atoms with van der Waals surface area (Å²) in [7, 11) is 0. The Bertz CT molecular complexity index is 41.3. The molecule has 0 aliphatic heterocycles. The van der Waals surface area contributed by atoms with Crippen LogP contribution in [0.15, 0.2) is 0 Å². The van der Waals surface area contributed by atoms with Crippen LogP contribution in [0.25, 0.3) is 0 Å². The Morgan fingerprint density at radius 2 is 0.200 bits per heavy atom. The van der Waals surface area contributed by atoms with E-state index in [4.69, 9.17) is 0 Å². The molecule has 0 aromatic heterocycles. The summed E-state index contributed by atoms with van der Waals surface area (Å²) in [6.45, 7) is 0. The minimum absolute atomic E-state index is 0. The average Bonchev–Trinajstić information content (AvgIpc) is 0. The smallest absolute Gasteiger partial charge is 1.00 e. The number of rotatable bonds is 0. The molecule has 0 spiro atoms. The van der Waals surface area contributed by atoms with Gasteiger partial charge in [0.05, 0.1) is 0 Å². The van der Waals surface area contributed by atoms with E-state index >= 15 is 0 Å². The van der Waals surface area contributed by atoms with Gasteiger partial charge in [0.2, 0.25) is 0 Å². The van der Waals surface area contributed by atoms with Crippen LogP contribution < -0.4 is 0 Å². The molecule has 15 heavy (non-hydrogen) atoms. The standard InChI is InChI=1S/6Mg.9H2O.12H/h;;;;;;9*1H2;;;;;;;;;;;;/q6*+2;;;;;;;;;;12*-1. The predicted octanol–water partition coefficient (Wildman–Crippen LogP) is -8.36. The first-order valence-electron chi connectivity index (χ1n) is 0. The molecule has 0 aliphatic rings. The zero-order valence-corrected chi connectivity index (χ0v) is 17.2. The van der Waals surface area contributed by atoms with Gasteiger partial charge in [0, 0.05) is 0 Å². The van der Waals surface area contributed by atoms with E-state index in [1.54, 1.807) is 0 Å². The molecule has 0 saturated heterocycles. The molecule has 0 aliphatic carbocycles. The van der Waals surface area contributed by atoms with Gasteiger partial charge in [0.1, 0.15) is 0 Å². The molecule has 0 radical (unpaired) electrons. The Balaban J connectivity index is 0. The van der Waals surface area contributed by atoms with Crippen molar-refractivity contribution in [3.63, 3.8) is 0 Å². The van der Waals surface area contributed by atoms with Crippen molar-refractivity contribution < 1.29 is 66.4 Å². The van der Waals surface area contributed by atoms with Gasteiger partial charge in [-0.3, -0.25) is 0 Å². The van der Waals surface area contributed by atoms with Gasteiger partial charge in [-0.1, -0.05) is 0 Å². The molecule has 0 aromatic carbocycles. The minimum atomic E-state index is 0. The molecule has 0 rings (SSSR count). The van der Waals surface area contributed by atoms with Crippen LogP contribution in [0.2, 0.25) is 0 Å². The fraction of sp³-hybridized carbons (Fsp3) is 0. The molecule has 0 unspecified atom stereocenters. The van der Waals surface area contributed by atoms with E-state index in [1.807, 2.05) is 0 Å². The normalized spacial score (nSPS) is 0. The fourth-order valence-corrected chi connectivity index (χ4v) is 0. The van der Waals surface area contributed by atoms with Crippen LogP contribution in [0.3, 0.4) is 0 Å². The number of hydrogen-bond donors (Lipinski definition) is 0. The van der Waals surface area contributed by atoms with Crippen molar-refractivity contribution in [2.45, 2.75) is 0 Å². The Morgan fingerprint density at radius 1 is 0.200 bits per heavy atom. The molecule has 0 saturated carbocycles. The third-order valence-electron chi connectivity index (χ3n) is 0. The van der Waals surface area contributed by atoms with E-state index in [9.17, 15) is 0 Å². The van der Waals surface area contributed by atoms with E-state index in [1.165, 1.54) is 0 Å².